The predicted molar refractivity (Wildman–Crippen MR) is 117 cm³/mol. The molecule has 0 spiro atoms. The Bertz CT molecular complexity index is 646. The molecule has 2 atom stereocenters. The quantitative estimate of drug-likeness (QED) is 0.681. The molecule has 1 saturated heterocycles. The molecule has 1 fully saturated rings. The highest BCUT2D eigenvalue weighted by Crippen LogP contribution is 2.24. The highest BCUT2D eigenvalue weighted by atomic mass is 32.2. The van der Waals surface area contributed by atoms with Gasteiger partial charge in [0.15, 0.2) is 0 Å². The molecule has 0 aromatic carbocycles. The summed E-state index contributed by atoms with van der Waals surface area (Å²) >= 11 is 1.62. The van der Waals surface area contributed by atoms with Gasteiger partial charge in [0.25, 0.3) is 5.91 Å². The lowest BCUT2D eigenvalue weighted by atomic mass is 10.0. The van der Waals surface area contributed by atoms with Crippen LogP contribution in [-0.4, -0.2) is 58.5 Å². The number of hydrogen-bond acceptors (Lipinski definition) is 5. The molecule has 1 aromatic rings. The molecule has 2 amide bonds. The van der Waals surface area contributed by atoms with Crippen LogP contribution in [0.5, 0.6) is 0 Å². The summed E-state index contributed by atoms with van der Waals surface area (Å²) in [7, 11) is 0. The molecule has 1 N–H and O–H groups in total. The second kappa shape index (κ2) is 10.7. The molecule has 1 aliphatic rings. The van der Waals surface area contributed by atoms with Crippen molar-refractivity contribution in [2.75, 3.05) is 29.6 Å². The van der Waals surface area contributed by atoms with Crippen molar-refractivity contribution in [3.8, 4) is 0 Å². The van der Waals surface area contributed by atoms with Crippen molar-refractivity contribution >= 4 is 29.4 Å². The zero-order valence-electron chi connectivity index (χ0n) is 17.8. The normalized spacial score (nSPS) is 17.6. The van der Waals surface area contributed by atoms with E-state index in [1.807, 2.05) is 19.1 Å². The summed E-state index contributed by atoms with van der Waals surface area (Å²) in [5.41, 5.74) is 0.532. The number of carbonyl (C=O) groups is 2. The fourth-order valence-electron chi connectivity index (χ4n) is 3.27. The van der Waals surface area contributed by atoms with E-state index in [9.17, 15) is 9.59 Å². The highest BCUT2D eigenvalue weighted by Gasteiger charge is 2.35. The molecule has 2 unspecified atom stereocenters. The molecule has 0 aliphatic carbocycles. The Balaban J connectivity index is 2.01. The molecular weight excluding hydrogens is 372 g/mol. The fraction of sp³-hybridized carbons (Fsp3) is 0.667. The topological polar surface area (TPSA) is 65.5 Å². The standard InChI is InChI=1S/C21H34N4O2S/c1-6-24(7-2)19-11-10-17(12-22-19)21(27)25-14-28-13-18(25)20(26)23-16(5)9-8-15(3)4/h10-12,15-16,18H,6-9,13-14H2,1-5H3,(H,23,26). The lowest BCUT2D eigenvalue weighted by Gasteiger charge is -2.25. The van der Waals surface area contributed by atoms with E-state index in [0.29, 0.717) is 23.1 Å². The fourth-order valence-corrected chi connectivity index (χ4v) is 4.42. The van der Waals surface area contributed by atoms with Gasteiger partial charge in [0.2, 0.25) is 5.91 Å². The molecule has 156 valence electrons. The third-order valence-electron chi connectivity index (χ3n) is 5.09. The van der Waals surface area contributed by atoms with Gasteiger partial charge in [0.1, 0.15) is 11.9 Å². The van der Waals surface area contributed by atoms with Gasteiger partial charge in [0.05, 0.1) is 11.4 Å². The van der Waals surface area contributed by atoms with Crippen LogP contribution in [0, 0.1) is 5.92 Å². The van der Waals surface area contributed by atoms with E-state index in [2.05, 4.69) is 42.9 Å². The highest BCUT2D eigenvalue weighted by molar-refractivity contribution is 7.99. The summed E-state index contributed by atoms with van der Waals surface area (Å²) in [6.07, 6.45) is 3.65. The maximum Gasteiger partial charge on any atom is 0.256 e. The number of carbonyl (C=O) groups excluding carboxylic acids is 2. The van der Waals surface area contributed by atoms with Crippen molar-refractivity contribution in [1.29, 1.82) is 0 Å². The molecule has 1 aromatic heterocycles. The molecule has 0 saturated carbocycles. The van der Waals surface area contributed by atoms with Gasteiger partial charge < -0.3 is 15.1 Å². The van der Waals surface area contributed by atoms with Crippen LogP contribution in [0.2, 0.25) is 0 Å². The minimum Gasteiger partial charge on any atom is -0.357 e. The van der Waals surface area contributed by atoms with Gasteiger partial charge >= 0.3 is 0 Å². The lowest BCUT2D eigenvalue weighted by molar-refractivity contribution is -0.125. The Hall–Kier alpha value is -1.76. The number of amides is 2. The molecule has 2 rings (SSSR count). The van der Waals surface area contributed by atoms with Gasteiger partial charge in [-0.05, 0) is 51.7 Å². The number of rotatable bonds is 9. The van der Waals surface area contributed by atoms with Crippen molar-refractivity contribution in [1.82, 2.24) is 15.2 Å². The van der Waals surface area contributed by atoms with Gasteiger partial charge in [-0.15, -0.1) is 11.8 Å². The molecule has 7 heteroatoms. The number of thioether (sulfide) groups is 1. The van der Waals surface area contributed by atoms with E-state index in [0.717, 1.165) is 31.7 Å². The molecular formula is C21H34N4O2S. The number of nitrogens with one attached hydrogen (secondary N) is 1. The Morgan fingerprint density at radius 1 is 1.25 bits per heavy atom. The molecule has 28 heavy (non-hydrogen) atoms. The maximum absolute atomic E-state index is 13.0. The first kappa shape index (κ1) is 22.5. The van der Waals surface area contributed by atoms with Crippen molar-refractivity contribution in [2.45, 2.75) is 59.5 Å². The van der Waals surface area contributed by atoms with Crippen molar-refractivity contribution in [3.05, 3.63) is 23.9 Å². The van der Waals surface area contributed by atoms with E-state index in [1.54, 1.807) is 22.9 Å². The number of nitrogens with zero attached hydrogens (tertiary/aromatic N) is 3. The van der Waals surface area contributed by atoms with Crippen LogP contribution >= 0.6 is 11.8 Å². The van der Waals surface area contributed by atoms with Gasteiger partial charge in [-0.3, -0.25) is 9.59 Å². The van der Waals surface area contributed by atoms with Crippen LogP contribution in [-0.2, 0) is 4.79 Å². The number of pyridine rings is 1. The van der Waals surface area contributed by atoms with Crippen LogP contribution < -0.4 is 10.2 Å². The first-order valence-electron chi connectivity index (χ1n) is 10.3. The minimum absolute atomic E-state index is 0.0534. The van der Waals surface area contributed by atoms with Crippen LogP contribution in [0.15, 0.2) is 18.3 Å². The van der Waals surface area contributed by atoms with Gasteiger partial charge in [-0.25, -0.2) is 4.98 Å². The van der Waals surface area contributed by atoms with Gasteiger partial charge in [-0.1, -0.05) is 13.8 Å². The first-order chi connectivity index (χ1) is 13.4. The third-order valence-corrected chi connectivity index (χ3v) is 6.11. The zero-order chi connectivity index (χ0) is 20.7. The van der Waals surface area contributed by atoms with Crippen molar-refractivity contribution in [2.24, 2.45) is 5.92 Å². The smallest absolute Gasteiger partial charge is 0.256 e. The largest absolute Gasteiger partial charge is 0.357 e. The number of aromatic nitrogens is 1. The summed E-state index contributed by atoms with van der Waals surface area (Å²) in [4.78, 5) is 33.9. The summed E-state index contributed by atoms with van der Waals surface area (Å²) in [6.45, 7) is 12.3. The van der Waals surface area contributed by atoms with E-state index >= 15 is 0 Å². The minimum atomic E-state index is -0.415. The van der Waals surface area contributed by atoms with Crippen LogP contribution in [0.3, 0.4) is 0 Å². The van der Waals surface area contributed by atoms with E-state index < -0.39 is 6.04 Å². The molecule has 0 bridgehead atoms. The summed E-state index contributed by atoms with van der Waals surface area (Å²) < 4.78 is 0. The van der Waals surface area contributed by atoms with Crippen molar-refractivity contribution in [3.63, 3.8) is 0 Å². The average molecular weight is 407 g/mol. The monoisotopic (exact) mass is 406 g/mol. The van der Waals surface area contributed by atoms with Gasteiger partial charge in [0, 0.05) is 31.1 Å². The number of anilines is 1. The van der Waals surface area contributed by atoms with Gasteiger partial charge in [-0.2, -0.15) is 0 Å². The van der Waals surface area contributed by atoms with Crippen LogP contribution in [0.1, 0.15) is 57.8 Å². The second-order valence-corrected chi connectivity index (χ2v) is 8.75. The second-order valence-electron chi connectivity index (χ2n) is 7.75. The van der Waals surface area contributed by atoms with E-state index in [-0.39, 0.29) is 17.9 Å². The predicted octanol–water partition coefficient (Wildman–Crippen LogP) is 3.38. The lowest BCUT2D eigenvalue weighted by Crippen LogP contribution is -2.49. The zero-order valence-corrected chi connectivity index (χ0v) is 18.6. The summed E-state index contributed by atoms with van der Waals surface area (Å²) in [5, 5.41) is 3.08. The Morgan fingerprint density at radius 3 is 2.54 bits per heavy atom. The SMILES string of the molecule is CCN(CC)c1ccc(C(=O)N2CSCC2C(=O)NC(C)CCC(C)C)cn1. The Morgan fingerprint density at radius 2 is 1.96 bits per heavy atom. The van der Waals surface area contributed by atoms with E-state index in [1.165, 1.54) is 0 Å². The average Bonchev–Trinajstić information content (AvgIpc) is 3.17. The molecule has 0 radical (unpaired) electrons. The Labute approximate surface area is 173 Å². The Kier molecular flexibility index (Phi) is 8.60. The van der Waals surface area contributed by atoms with Crippen LogP contribution in [0.4, 0.5) is 5.82 Å². The molecule has 1 aliphatic heterocycles. The third kappa shape index (κ3) is 5.87. The maximum atomic E-state index is 13.0. The summed E-state index contributed by atoms with van der Waals surface area (Å²) in [5.74, 6) is 2.48. The van der Waals surface area contributed by atoms with Crippen molar-refractivity contribution < 1.29 is 9.59 Å². The number of hydrogen-bond donors (Lipinski definition) is 1. The van der Waals surface area contributed by atoms with Crippen LogP contribution in [0.25, 0.3) is 0 Å². The molecule has 6 nitrogen and oxygen atoms in total. The van der Waals surface area contributed by atoms with E-state index in [4.69, 9.17) is 0 Å². The molecule has 2 heterocycles. The first-order valence-corrected chi connectivity index (χ1v) is 11.4. The summed E-state index contributed by atoms with van der Waals surface area (Å²) in [6, 6.07) is 3.40.